The van der Waals surface area contributed by atoms with Crippen LogP contribution in [-0.2, 0) is 9.53 Å². The summed E-state index contributed by atoms with van der Waals surface area (Å²) in [6, 6.07) is 4.06. The zero-order chi connectivity index (χ0) is 15.9. The Labute approximate surface area is 149 Å². The van der Waals surface area contributed by atoms with E-state index in [2.05, 4.69) is 29.3 Å². The first-order chi connectivity index (χ1) is 10.6. The van der Waals surface area contributed by atoms with Crippen LogP contribution in [0, 0.1) is 0 Å². The lowest BCUT2D eigenvalue weighted by molar-refractivity contribution is -0.132. The number of nitrogens with zero attached hydrogens (tertiary/aromatic N) is 2. The average Bonchev–Trinajstić information content (AvgIpc) is 3.06. The Morgan fingerprint density at radius 1 is 1.48 bits per heavy atom. The highest BCUT2D eigenvalue weighted by Crippen LogP contribution is 2.26. The molecule has 0 spiro atoms. The summed E-state index contributed by atoms with van der Waals surface area (Å²) < 4.78 is 5.45. The Balaban J connectivity index is 0.00000264. The smallest absolute Gasteiger partial charge is 0.239 e. The van der Waals surface area contributed by atoms with Crippen molar-refractivity contribution in [2.45, 2.75) is 31.8 Å². The van der Waals surface area contributed by atoms with E-state index < -0.39 is 0 Å². The second kappa shape index (κ2) is 10.3. The van der Waals surface area contributed by atoms with E-state index in [1.807, 2.05) is 7.05 Å². The standard InChI is InChI=1S/C16H27N3O2S.ClH/c1-3-5-13(17)16(20)18(2)12-14(15-6-4-11-22-15)19-7-9-21-10-8-19;/h4,6,11,13-14H,3,5,7-10,12,17H2,1-2H3;1H. The minimum Gasteiger partial charge on any atom is -0.379 e. The topological polar surface area (TPSA) is 58.8 Å². The van der Waals surface area contributed by atoms with Crippen LogP contribution in [0.4, 0.5) is 0 Å². The van der Waals surface area contributed by atoms with Gasteiger partial charge in [-0.15, -0.1) is 23.7 Å². The Morgan fingerprint density at radius 2 is 2.17 bits per heavy atom. The van der Waals surface area contributed by atoms with Crippen molar-refractivity contribution in [3.8, 4) is 0 Å². The number of carbonyl (C=O) groups is 1. The molecule has 0 aromatic carbocycles. The van der Waals surface area contributed by atoms with Crippen LogP contribution in [0.15, 0.2) is 17.5 Å². The monoisotopic (exact) mass is 361 g/mol. The summed E-state index contributed by atoms with van der Waals surface area (Å²) in [6.07, 6.45) is 1.67. The fourth-order valence-corrected chi connectivity index (χ4v) is 3.67. The molecule has 1 fully saturated rings. The normalized spacial score (nSPS) is 18.0. The highest BCUT2D eigenvalue weighted by Gasteiger charge is 2.27. The number of thiophene rings is 1. The van der Waals surface area contributed by atoms with Crippen molar-refractivity contribution in [3.05, 3.63) is 22.4 Å². The minimum atomic E-state index is -0.385. The second-order valence-corrected chi connectivity index (χ2v) is 6.77. The molecule has 1 aliphatic heterocycles. The number of rotatable bonds is 7. The molecule has 132 valence electrons. The summed E-state index contributed by atoms with van der Waals surface area (Å²) in [6.45, 7) is 6.06. The van der Waals surface area contributed by atoms with Crippen LogP contribution in [0.25, 0.3) is 0 Å². The number of amides is 1. The molecular formula is C16H28ClN3O2S. The van der Waals surface area contributed by atoms with Crippen LogP contribution in [-0.4, -0.2) is 61.6 Å². The predicted molar refractivity (Wildman–Crippen MR) is 97.2 cm³/mol. The van der Waals surface area contributed by atoms with Crippen molar-refractivity contribution in [2.75, 3.05) is 39.9 Å². The SMILES string of the molecule is CCCC(N)C(=O)N(C)CC(c1cccs1)N1CCOCC1.Cl. The quantitative estimate of drug-likeness (QED) is 0.808. The number of morpholine rings is 1. The molecule has 2 N–H and O–H groups in total. The van der Waals surface area contributed by atoms with Crippen LogP contribution in [0.3, 0.4) is 0 Å². The maximum atomic E-state index is 12.4. The third-order valence-corrected chi connectivity index (χ3v) is 5.07. The van der Waals surface area contributed by atoms with Crippen LogP contribution >= 0.6 is 23.7 Å². The summed E-state index contributed by atoms with van der Waals surface area (Å²) in [5.41, 5.74) is 5.98. The minimum absolute atomic E-state index is 0. The molecule has 0 radical (unpaired) electrons. The fraction of sp³-hybridized carbons (Fsp3) is 0.688. The summed E-state index contributed by atoms with van der Waals surface area (Å²) in [5.74, 6) is 0.0386. The molecule has 1 aromatic rings. The lowest BCUT2D eigenvalue weighted by atomic mass is 10.1. The van der Waals surface area contributed by atoms with Gasteiger partial charge in [0.05, 0.1) is 25.3 Å². The van der Waals surface area contributed by atoms with Crippen molar-refractivity contribution >= 4 is 29.7 Å². The van der Waals surface area contributed by atoms with Gasteiger partial charge in [-0.25, -0.2) is 0 Å². The highest BCUT2D eigenvalue weighted by molar-refractivity contribution is 7.10. The first-order valence-corrected chi connectivity index (χ1v) is 8.87. The molecule has 5 nitrogen and oxygen atoms in total. The van der Waals surface area contributed by atoms with E-state index in [1.165, 1.54) is 4.88 Å². The Kier molecular flexibility index (Phi) is 9.09. The van der Waals surface area contributed by atoms with Gasteiger partial charge in [0.2, 0.25) is 5.91 Å². The highest BCUT2D eigenvalue weighted by atomic mass is 35.5. The van der Waals surface area contributed by atoms with E-state index in [1.54, 1.807) is 16.2 Å². The summed E-state index contributed by atoms with van der Waals surface area (Å²) in [7, 11) is 1.86. The molecule has 1 saturated heterocycles. The van der Waals surface area contributed by atoms with Gasteiger partial charge < -0.3 is 15.4 Å². The van der Waals surface area contributed by atoms with E-state index in [4.69, 9.17) is 10.5 Å². The Bertz CT molecular complexity index is 452. The van der Waals surface area contributed by atoms with E-state index in [-0.39, 0.29) is 30.4 Å². The van der Waals surface area contributed by atoms with Gasteiger partial charge >= 0.3 is 0 Å². The molecule has 0 aliphatic carbocycles. The average molecular weight is 362 g/mol. The molecule has 7 heteroatoms. The van der Waals surface area contributed by atoms with Gasteiger partial charge in [0.1, 0.15) is 0 Å². The van der Waals surface area contributed by atoms with Crippen LogP contribution in [0.2, 0.25) is 0 Å². The van der Waals surface area contributed by atoms with Crippen molar-refractivity contribution in [1.82, 2.24) is 9.80 Å². The number of likely N-dealkylation sites (N-methyl/N-ethyl adjacent to an activating group) is 1. The molecule has 0 bridgehead atoms. The second-order valence-electron chi connectivity index (χ2n) is 5.79. The predicted octanol–water partition coefficient (Wildman–Crippen LogP) is 2.13. The lowest BCUT2D eigenvalue weighted by Gasteiger charge is -2.36. The molecule has 0 saturated carbocycles. The zero-order valence-electron chi connectivity index (χ0n) is 13.9. The van der Waals surface area contributed by atoms with Crippen molar-refractivity contribution in [1.29, 1.82) is 0 Å². The molecule has 1 amide bonds. The van der Waals surface area contributed by atoms with E-state index >= 15 is 0 Å². The maximum absolute atomic E-state index is 12.4. The number of hydrogen-bond donors (Lipinski definition) is 1. The van der Waals surface area contributed by atoms with Crippen LogP contribution < -0.4 is 5.73 Å². The molecule has 1 aromatic heterocycles. The van der Waals surface area contributed by atoms with Crippen LogP contribution in [0.5, 0.6) is 0 Å². The largest absolute Gasteiger partial charge is 0.379 e. The molecule has 23 heavy (non-hydrogen) atoms. The summed E-state index contributed by atoms with van der Waals surface area (Å²) in [5, 5.41) is 2.09. The van der Waals surface area contributed by atoms with Crippen molar-refractivity contribution in [3.63, 3.8) is 0 Å². The molecular weight excluding hydrogens is 334 g/mol. The third kappa shape index (κ3) is 5.72. The summed E-state index contributed by atoms with van der Waals surface area (Å²) >= 11 is 1.75. The lowest BCUT2D eigenvalue weighted by Crippen LogP contribution is -2.47. The molecule has 2 heterocycles. The first-order valence-electron chi connectivity index (χ1n) is 7.99. The first kappa shape index (κ1) is 20.4. The third-order valence-electron chi connectivity index (χ3n) is 4.10. The van der Waals surface area contributed by atoms with E-state index in [9.17, 15) is 4.79 Å². The fourth-order valence-electron chi connectivity index (χ4n) is 2.82. The van der Waals surface area contributed by atoms with Gasteiger partial charge in [0.25, 0.3) is 0 Å². The number of ether oxygens (including phenoxy) is 1. The Hall–Kier alpha value is -0.660. The van der Waals surface area contributed by atoms with Gasteiger partial charge in [-0.05, 0) is 17.9 Å². The van der Waals surface area contributed by atoms with Crippen molar-refractivity contribution < 1.29 is 9.53 Å². The Morgan fingerprint density at radius 3 is 2.74 bits per heavy atom. The van der Waals surface area contributed by atoms with Gasteiger partial charge in [-0.2, -0.15) is 0 Å². The van der Waals surface area contributed by atoms with E-state index in [0.717, 1.165) is 39.1 Å². The summed E-state index contributed by atoms with van der Waals surface area (Å²) in [4.78, 5) is 17.9. The number of hydrogen-bond acceptors (Lipinski definition) is 5. The number of halogens is 1. The van der Waals surface area contributed by atoms with Gasteiger partial charge in [0, 0.05) is 31.6 Å². The van der Waals surface area contributed by atoms with Crippen LogP contribution in [0.1, 0.15) is 30.7 Å². The van der Waals surface area contributed by atoms with Gasteiger partial charge in [-0.1, -0.05) is 19.4 Å². The van der Waals surface area contributed by atoms with E-state index in [0.29, 0.717) is 6.54 Å². The molecule has 2 atom stereocenters. The molecule has 1 aliphatic rings. The number of carbonyl (C=O) groups excluding carboxylic acids is 1. The molecule has 2 rings (SSSR count). The van der Waals surface area contributed by atoms with Gasteiger partial charge in [0.15, 0.2) is 0 Å². The van der Waals surface area contributed by atoms with Gasteiger partial charge in [-0.3, -0.25) is 9.69 Å². The maximum Gasteiger partial charge on any atom is 0.239 e. The number of nitrogens with two attached hydrogens (primary N) is 1. The van der Waals surface area contributed by atoms with Crippen molar-refractivity contribution in [2.24, 2.45) is 5.73 Å². The zero-order valence-corrected chi connectivity index (χ0v) is 15.6. The molecule has 2 unspecified atom stereocenters.